The van der Waals surface area contributed by atoms with Crippen LogP contribution in [-0.2, 0) is 6.61 Å². The van der Waals surface area contributed by atoms with Crippen LogP contribution in [0.25, 0.3) is 0 Å². The molecule has 0 atom stereocenters. The quantitative estimate of drug-likeness (QED) is 0.410. The number of hydrogen-bond acceptors (Lipinski definition) is 4. The second kappa shape index (κ2) is 9.45. The van der Waals surface area contributed by atoms with Crippen molar-refractivity contribution in [2.45, 2.75) is 13.5 Å². The van der Waals surface area contributed by atoms with Crippen molar-refractivity contribution in [1.82, 2.24) is 5.43 Å². The second-order valence-corrected chi connectivity index (χ2v) is 7.17. The van der Waals surface area contributed by atoms with E-state index >= 15 is 0 Å². The smallest absolute Gasteiger partial charge is 0.271 e. The van der Waals surface area contributed by atoms with Crippen LogP contribution in [0.4, 0.5) is 0 Å². The maximum Gasteiger partial charge on any atom is 0.271 e. The molecule has 0 aliphatic carbocycles. The van der Waals surface area contributed by atoms with E-state index in [2.05, 4.69) is 10.5 Å². The molecular formula is C22H18Cl2N2O3. The lowest BCUT2D eigenvalue weighted by Gasteiger charge is -2.07. The zero-order valence-electron chi connectivity index (χ0n) is 15.5. The van der Waals surface area contributed by atoms with Gasteiger partial charge in [0, 0.05) is 16.1 Å². The summed E-state index contributed by atoms with van der Waals surface area (Å²) in [6.07, 6.45) is 1.27. The Hall–Kier alpha value is -3.02. The molecule has 0 bridgehead atoms. The van der Waals surface area contributed by atoms with Gasteiger partial charge < -0.3 is 9.84 Å². The molecule has 0 radical (unpaired) electrons. The van der Waals surface area contributed by atoms with E-state index in [0.717, 1.165) is 5.56 Å². The Bertz CT molecular complexity index is 1030. The third-order valence-electron chi connectivity index (χ3n) is 4.07. The molecule has 3 aromatic rings. The largest absolute Gasteiger partial charge is 0.506 e. The molecule has 0 aliphatic rings. The molecule has 29 heavy (non-hydrogen) atoms. The average Bonchev–Trinajstić information content (AvgIpc) is 2.71. The van der Waals surface area contributed by atoms with Crippen molar-refractivity contribution >= 4 is 35.3 Å². The molecule has 3 aromatic carbocycles. The zero-order valence-corrected chi connectivity index (χ0v) is 17.0. The summed E-state index contributed by atoms with van der Waals surface area (Å²) in [4.78, 5) is 12.2. The number of benzene rings is 3. The van der Waals surface area contributed by atoms with Gasteiger partial charge in [-0.15, -0.1) is 0 Å². The monoisotopic (exact) mass is 428 g/mol. The van der Waals surface area contributed by atoms with E-state index < -0.39 is 5.91 Å². The molecule has 3 rings (SSSR count). The molecule has 0 aliphatic heterocycles. The summed E-state index contributed by atoms with van der Waals surface area (Å²) < 4.78 is 5.73. The lowest BCUT2D eigenvalue weighted by Crippen LogP contribution is -2.17. The Morgan fingerprint density at radius 1 is 1.10 bits per heavy atom. The summed E-state index contributed by atoms with van der Waals surface area (Å²) in [5.41, 5.74) is 5.36. The predicted octanol–water partition coefficient (Wildman–Crippen LogP) is 5.35. The first kappa shape index (κ1) is 20.7. The molecule has 5 nitrogen and oxygen atoms in total. The highest BCUT2D eigenvalue weighted by atomic mass is 35.5. The Morgan fingerprint density at radius 2 is 1.79 bits per heavy atom. The Kier molecular flexibility index (Phi) is 6.75. The number of hydrazone groups is 1. The number of aromatic hydroxyl groups is 1. The van der Waals surface area contributed by atoms with Crippen molar-refractivity contribution in [3.8, 4) is 11.5 Å². The first-order valence-corrected chi connectivity index (χ1v) is 9.48. The van der Waals surface area contributed by atoms with Gasteiger partial charge in [-0.25, -0.2) is 5.43 Å². The molecule has 0 saturated heterocycles. The van der Waals surface area contributed by atoms with E-state index in [-0.39, 0.29) is 10.8 Å². The maximum atomic E-state index is 12.2. The van der Waals surface area contributed by atoms with Crippen LogP contribution in [0.1, 0.15) is 27.0 Å². The first-order chi connectivity index (χ1) is 13.9. The molecule has 0 heterocycles. The van der Waals surface area contributed by atoms with Gasteiger partial charge in [0.25, 0.3) is 5.91 Å². The van der Waals surface area contributed by atoms with Crippen LogP contribution in [0.15, 0.2) is 65.8 Å². The molecule has 2 N–H and O–H groups in total. The number of ether oxygens (including phenoxy) is 1. The molecule has 1 amide bonds. The number of hydrogen-bond donors (Lipinski definition) is 2. The number of carbonyl (C=O) groups excluding carboxylic acids is 1. The van der Waals surface area contributed by atoms with Gasteiger partial charge in [-0.3, -0.25) is 4.79 Å². The number of nitrogens with one attached hydrogen (secondary N) is 1. The highest BCUT2D eigenvalue weighted by molar-refractivity contribution is 6.36. The van der Waals surface area contributed by atoms with E-state index in [1.807, 2.05) is 31.2 Å². The molecule has 0 saturated carbocycles. The van der Waals surface area contributed by atoms with Crippen molar-refractivity contribution in [2.75, 3.05) is 0 Å². The van der Waals surface area contributed by atoms with Gasteiger partial charge in [0.15, 0.2) is 0 Å². The Labute approximate surface area is 178 Å². The van der Waals surface area contributed by atoms with E-state index in [4.69, 9.17) is 27.9 Å². The van der Waals surface area contributed by atoms with Crippen molar-refractivity contribution in [1.29, 1.82) is 0 Å². The Balaban J connectivity index is 1.57. The van der Waals surface area contributed by atoms with Crippen LogP contribution >= 0.6 is 23.2 Å². The minimum absolute atomic E-state index is 0.103. The summed E-state index contributed by atoms with van der Waals surface area (Å²) in [6, 6.07) is 17.7. The number of amides is 1. The summed E-state index contributed by atoms with van der Waals surface area (Å²) in [5, 5.41) is 14.2. The summed E-state index contributed by atoms with van der Waals surface area (Å²) in [6.45, 7) is 2.48. The maximum absolute atomic E-state index is 12.2. The summed E-state index contributed by atoms with van der Waals surface area (Å²) in [7, 11) is 0. The first-order valence-electron chi connectivity index (χ1n) is 8.72. The Morgan fingerprint density at radius 3 is 2.48 bits per heavy atom. The minimum atomic E-state index is -0.404. The number of halogens is 2. The topological polar surface area (TPSA) is 70.9 Å². The lowest BCUT2D eigenvalue weighted by molar-refractivity contribution is 0.0955. The van der Waals surface area contributed by atoms with Crippen LogP contribution < -0.4 is 10.2 Å². The highest BCUT2D eigenvalue weighted by Crippen LogP contribution is 2.29. The molecule has 0 fully saturated rings. The molecular weight excluding hydrogens is 411 g/mol. The zero-order chi connectivity index (χ0) is 20.8. The number of phenolic OH excluding ortho intramolecular Hbond substituents is 1. The number of carbonyl (C=O) groups is 1. The van der Waals surface area contributed by atoms with Crippen LogP contribution in [0.2, 0.25) is 10.0 Å². The normalized spacial score (nSPS) is 10.9. The fourth-order valence-corrected chi connectivity index (χ4v) is 2.97. The summed E-state index contributed by atoms with van der Waals surface area (Å²) in [5.74, 6) is 0.0900. The third-order valence-corrected chi connectivity index (χ3v) is 4.58. The van der Waals surface area contributed by atoms with Gasteiger partial charge in [0.2, 0.25) is 0 Å². The minimum Gasteiger partial charge on any atom is -0.506 e. The number of nitrogens with zero attached hydrogens (tertiary/aromatic N) is 1. The van der Waals surface area contributed by atoms with Gasteiger partial charge in [-0.1, -0.05) is 53.0 Å². The standard InChI is InChI=1S/C22H18Cl2N2O3/c1-14-2-4-15(5-3-14)13-29-19-8-6-16(7-9-19)22(28)26-25-12-17-10-18(23)11-20(24)21(17)27/h2-12,27H,13H2,1H3,(H,26,28). The molecule has 0 spiro atoms. The van der Waals surface area contributed by atoms with E-state index in [9.17, 15) is 9.90 Å². The van der Waals surface area contributed by atoms with Crippen molar-refractivity contribution in [3.05, 3.63) is 93.0 Å². The number of aryl methyl sites for hydroxylation is 1. The number of rotatable bonds is 6. The number of phenols is 1. The van der Waals surface area contributed by atoms with E-state index in [1.165, 1.54) is 23.9 Å². The fraction of sp³-hybridized carbons (Fsp3) is 0.0909. The van der Waals surface area contributed by atoms with Crippen molar-refractivity contribution in [3.63, 3.8) is 0 Å². The van der Waals surface area contributed by atoms with Gasteiger partial charge in [-0.05, 0) is 48.9 Å². The van der Waals surface area contributed by atoms with Crippen molar-refractivity contribution < 1.29 is 14.6 Å². The lowest BCUT2D eigenvalue weighted by atomic mass is 10.2. The van der Waals surface area contributed by atoms with Crippen molar-refractivity contribution in [2.24, 2.45) is 5.10 Å². The summed E-state index contributed by atoms with van der Waals surface area (Å²) >= 11 is 11.7. The molecule has 148 valence electrons. The van der Waals surface area contributed by atoms with E-state index in [1.54, 1.807) is 24.3 Å². The third kappa shape index (κ3) is 5.73. The van der Waals surface area contributed by atoms with Gasteiger partial charge in [0.05, 0.1) is 11.2 Å². The van der Waals surface area contributed by atoms with Gasteiger partial charge in [0.1, 0.15) is 18.1 Å². The SMILES string of the molecule is Cc1ccc(COc2ccc(C(=O)NN=Cc3cc(Cl)cc(Cl)c3O)cc2)cc1. The average molecular weight is 429 g/mol. The van der Waals surface area contributed by atoms with Crippen LogP contribution in [0.3, 0.4) is 0 Å². The van der Waals surface area contributed by atoms with E-state index in [0.29, 0.717) is 28.5 Å². The van der Waals surface area contributed by atoms with Crippen LogP contribution in [0, 0.1) is 6.92 Å². The molecule has 0 unspecified atom stereocenters. The molecule has 7 heteroatoms. The fourth-order valence-electron chi connectivity index (χ4n) is 2.46. The predicted molar refractivity (Wildman–Crippen MR) is 115 cm³/mol. The van der Waals surface area contributed by atoms with Gasteiger partial charge >= 0.3 is 0 Å². The molecule has 0 aromatic heterocycles. The van der Waals surface area contributed by atoms with Gasteiger partial charge in [-0.2, -0.15) is 5.10 Å². The highest BCUT2D eigenvalue weighted by Gasteiger charge is 2.07. The van der Waals surface area contributed by atoms with Crippen LogP contribution in [-0.4, -0.2) is 17.2 Å². The van der Waals surface area contributed by atoms with Crippen LogP contribution in [0.5, 0.6) is 11.5 Å². The second-order valence-electron chi connectivity index (χ2n) is 6.32.